The Kier molecular flexibility index (Phi) is 8.10. The van der Waals surface area contributed by atoms with Crippen LogP contribution in [0.3, 0.4) is 0 Å². The Morgan fingerprint density at radius 2 is 1.88 bits per heavy atom. The second kappa shape index (κ2) is 11.4. The summed E-state index contributed by atoms with van der Waals surface area (Å²) in [6.45, 7) is 2.62. The Balaban J connectivity index is 1.52. The van der Waals surface area contributed by atoms with Gasteiger partial charge in [-0.1, -0.05) is 0 Å². The number of urea groups is 1. The van der Waals surface area contributed by atoms with Gasteiger partial charge in [0.05, 0.1) is 36.4 Å². The van der Waals surface area contributed by atoms with E-state index in [9.17, 15) is 31.5 Å². The second-order valence-electron chi connectivity index (χ2n) is 9.97. The minimum atomic E-state index is -3.88. The molecule has 0 bridgehead atoms. The molecule has 0 radical (unpaired) electrons. The van der Waals surface area contributed by atoms with Crippen LogP contribution in [0.2, 0.25) is 0 Å². The number of carbonyl (C=O) groups excluding carboxylic acids is 1. The maximum atomic E-state index is 14.7. The van der Waals surface area contributed by atoms with Crippen molar-refractivity contribution < 1.29 is 36.2 Å². The molecule has 4 N–H and O–H groups in total. The molecular formula is C27H29F4N5O4S. The highest BCUT2D eigenvalue weighted by atomic mass is 32.3. The van der Waals surface area contributed by atoms with Gasteiger partial charge in [-0.25, -0.2) is 32.3 Å². The third-order valence-corrected chi connectivity index (χ3v) is 9.74. The van der Waals surface area contributed by atoms with Crippen molar-refractivity contribution in [2.24, 2.45) is 0 Å². The fraction of sp³-hybridized carbons (Fsp3) is 0.370. The number of amides is 2. The molecule has 0 spiro atoms. The number of nitrogens with zero attached hydrogens (tertiary/aromatic N) is 3. The van der Waals surface area contributed by atoms with Crippen LogP contribution in [-0.4, -0.2) is 63.9 Å². The number of anilines is 2. The summed E-state index contributed by atoms with van der Waals surface area (Å²) in [7, 11) is -3.88. The summed E-state index contributed by atoms with van der Waals surface area (Å²) in [5.74, 6) is -0.962. The van der Waals surface area contributed by atoms with E-state index in [1.54, 1.807) is 30.3 Å². The van der Waals surface area contributed by atoms with Crippen LogP contribution in [0.4, 0.5) is 33.9 Å². The Hall–Kier alpha value is -3.46. The van der Waals surface area contributed by atoms with Gasteiger partial charge in [0, 0.05) is 23.9 Å². The first kappa shape index (κ1) is 29.0. The number of benzene rings is 2. The summed E-state index contributed by atoms with van der Waals surface area (Å²) < 4.78 is 80.5. The zero-order valence-electron chi connectivity index (χ0n) is 22.0. The molecule has 1 saturated heterocycles. The minimum absolute atomic E-state index is 0.0474. The van der Waals surface area contributed by atoms with E-state index in [0.717, 1.165) is 18.2 Å². The van der Waals surface area contributed by atoms with Crippen molar-refractivity contribution in [3.8, 4) is 11.4 Å². The standard InChI is InChI=1S/C27H29F4N5O4S/c1-16-15-40-11-10-36(16)24-13-22(27(8-9-27)41(38,39)21-12-18(28)4-7-20(21)29)34-25(35-24)17-2-5-19(6-3-17)33-26(37)32-14-23(30)31/h2-7,12-13,16,23,38-39H,8-11,14-15H2,1H3,(H2,32,33,37)/t16-/m0/s1. The lowest BCUT2D eigenvalue weighted by Crippen LogP contribution is -2.44. The monoisotopic (exact) mass is 595 g/mol. The molecule has 2 aliphatic rings. The summed E-state index contributed by atoms with van der Waals surface area (Å²) in [4.78, 5) is 22.8. The second-order valence-corrected chi connectivity index (χ2v) is 12.3. The molecular weight excluding hydrogens is 566 g/mol. The molecule has 3 aromatic rings. The predicted octanol–water partition coefficient (Wildman–Crippen LogP) is 5.83. The van der Waals surface area contributed by atoms with E-state index >= 15 is 0 Å². The number of morpholine rings is 1. The average Bonchev–Trinajstić information content (AvgIpc) is 3.77. The Labute approximate surface area is 235 Å². The van der Waals surface area contributed by atoms with Crippen molar-refractivity contribution in [3.05, 3.63) is 65.9 Å². The molecule has 2 fully saturated rings. The number of halogens is 4. The number of ether oxygens (including phenoxy) is 1. The van der Waals surface area contributed by atoms with Crippen molar-refractivity contribution in [3.63, 3.8) is 0 Å². The fourth-order valence-corrected chi connectivity index (χ4v) is 6.87. The highest BCUT2D eigenvalue weighted by Gasteiger charge is 2.58. The van der Waals surface area contributed by atoms with E-state index < -0.39 is 50.9 Å². The van der Waals surface area contributed by atoms with Crippen LogP contribution in [0, 0.1) is 11.6 Å². The van der Waals surface area contributed by atoms with Gasteiger partial charge >= 0.3 is 6.03 Å². The molecule has 0 unspecified atom stereocenters. The number of nitrogens with one attached hydrogen (secondary N) is 2. The number of hydrogen-bond acceptors (Lipinski definition) is 7. The van der Waals surface area contributed by atoms with Crippen LogP contribution in [0.1, 0.15) is 25.5 Å². The Bertz CT molecular complexity index is 1430. The van der Waals surface area contributed by atoms with Crippen LogP contribution in [0.15, 0.2) is 53.4 Å². The molecule has 9 nitrogen and oxygen atoms in total. The molecule has 41 heavy (non-hydrogen) atoms. The van der Waals surface area contributed by atoms with E-state index in [1.165, 1.54) is 0 Å². The predicted molar refractivity (Wildman–Crippen MR) is 147 cm³/mol. The third kappa shape index (κ3) is 5.96. The Morgan fingerprint density at radius 3 is 2.54 bits per heavy atom. The van der Waals surface area contributed by atoms with E-state index in [1.807, 2.05) is 11.8 Å². The number of hydrogen-bond donors (Lipinski definition) is 4. The summed E-state index contributed by atoms with van der Waals surface area (Å²) in [6.07, 6.45) is -2.10. The summed E-state index contributed by atoms with van der Waals surface area (Å²) in [6, 6.07) is 9.75. The maximum Gasteiger partial charge on any atom is 0.319 e. The number of carbonyl (C=O) groups is 1. The van der Waals surface area contributed by atoms with Crippen molar-refractivity contribution in [1.29, 1.82) is 0 Å². The molecule has 2 heterocycles. The third-order valence-electron chi connectivity index (χ3n) is 7.11. The lowest BCUT2D eigenvalue weighted by Gasteiger charge is -2.41. The molecule has 1 aliphatic carbocycles. The van der Waals surface area contributed by atoms with Gasteiger partial charge in [-0.3, -0.25) is 9.11 Å². The zero-order chi connectivity index (χ0) is 29.4. The van der Waals surface area contributed by atoms with Gasteiger partial charge in [0.15, 0.2) is 5.82 Å². The van der Waals surface area contributed by atoms with E-state index in [-0.39, 0.29) is 30.4 Å². The van der Waals surface area contributed by atoms with Gasteiger partial charge in [0.1, 0.15) is 22.2 Å². The minimum Gasteiger partial charge on any atom is -0.377 e. The van der Waals surface area contributed by atoms with Gasteiger partial charge in [-0.2, -0.15) is 10.6 Å². The van der Waals surface area contributed by atoms with E-state index in [4.69, 9.17) is 9.72 Å². The summed E-state index contributed by atoms with van der Waals surface area (Å²) in [5.41, 5.74) is 1.15. The van der Waals surface area contributed by atoms with Gasteiger partial charge < -0.3 is 20.3 Å². The van der Waals surface area contributed by atoms with E-state index in [0.29, 0.717) is 36.8 Å². The highest BCUT2D eigenvalue weighted by Crippen LogP contribution is 2.75. The number of rotatable bonds is 8. The van der Waals surface area contributed by atoms with Gasteiger partial charge in [-0.15, -0.1) is 0 Å². The van der Waals surface area contributed by atoms with Crippen LogP contribution in [0.5, 0.6) is 0 Å². The lowest BCUT2D eigenvalue weighted by atomic mass is 10.1. The van der Waals surface area contributed by atoms with Gasteiger partial charge in [0.25, 0.3) is 6.43 Å². The molecule has 14 heteroatoms. The largest absolute Gasteiger partial charge is 0.377 e. The molecule has 1 atom stereocenters. The van der Waals surface area contributed by atoms with Crippen molar-refractivity contribution >= 4 is 28.1 Å². The molecule has 5 rings (SSSR count). The molecule has 1 saturated carbocycles. The van der Waals surface area contributed by atoms with Crippen LogP contribution in [-0.2, 0) is 9.48 Å². The molecule has 220 valence electrons. The lowest BCUT2D eigenvalue weighted by molar-refractivity contribution is 0.0985. The summed E-state index contributed by atoms with van der Waals surface area (Å²) >= 11 is 0. The first-order valence-electron chi connectivity index (χ1n) is 12.9. The first-order chi connectivity index (χ1) is 19.5. The SMILES string of the molecule is C[C@H]1COCCN1c1cc(C2(S(O)(O)c3cc(F)ccc3F)CC2)nc(-c2ccc(NC(=O)NCC(F)F)cc2)n1. The van der Waals surface area contributed by atoms with Gasteiger partial charge in [0.2, 0.25) is 0 Å². The fourth-order valence-electron chi connectivity index (χ4n) is 4.77. The van der Waals surface area contributed by atoms with Gasteiger partial charge in [-0.05, 0) is 62.2 Å². The van der Waals surface area contributed by atoms with Crippen LogP contribution >= 0.6 is 10.6 Å². The van der Waals surface area contributed by atoms with Crippen molar-refractivity contribution in [2.45, 2.75) is 41.9 Å². The van der Waals surface area contributed by atoms with Crippen LogP contribution < -0.4 is 15.5 Å². The van der Waals surface area contributed by atoms with Crippen molar-refractivity contribution in [2.75, 3.05) is 36.5 Å². The number of alkyl halides is 2. The topological polar surface area (TPSA) is 120 Å². The molecule has 2 amide bonds. The zero-order valence-corrected chi connectivity index (χ0v) is 22.8. The van der Waals surface area contributed by atoms with Crippen LogP contribution in [0.25, 0.3) is 11.4 Å². The Morgan fingerprint density at radius 1 is 1.15 bits per heavy atom. The number of aromatic nitrogens is 2. The molecule has 1 aliphatic heterocycles. The highest BCUT2D eigenvalue weighted by molar-refractivity contribution is 8.25. The first-order valence-corrected chi connectivity index (χ1v) is 14.4. The summed E-state index contributed by atoms with van der Waals surface area (Å²) in [5, 5.41) is 4.52. The smallest absolute Gasteiger partial charge is 0.319 e. The molecule has 1 aromatic heterocycles. The normalized spacial score (nSPS) is 18.7. The van der Waals surface area contributed by atoms with Crippen molar-refractivity contribution in [1.82, 2.24) is 15.3 Å². The van der Waals surface area contributed by atoms with E-state index in [2.05, 4.69) is 15.6 Å². The maximum absolute atomic E-state index is 14.7. The molecule has 2 aromatic carbocycles. The average molecular weight is 596 g/mol. The quantitative estimate of drug-likeness (QED) is 0.242.